The van der Waals surface area contributed by atoms with E-state index in [0.717, 1.165) is 38.2 Å². The highest BCUT2D eigenvalue weighted by Gasteiger charge is 2.49. The summed E-state index contributed by atoms with van der Waals surface area (Å²) < 4.78 is 5.75. The SMILES string of the molecule is COc1cc2c(cc1CN1C[C@@H](c3ccccc3)[C@@]3(CCCC(=O)N3)C1)CCC2. The number of methoxy groups -OCH3 is 1. The molecule has 4 heteroatoms. The van der Waals surface area contributed by atoms with Gasteiger partial charge in [0.15, 0.2) is 0 Å². The van der Waals surface area contributed by atoms with Gasteiger partial charge in [-0.1, -0.05) is 36.4 Å². The van der Waals surface area contributed by atoms with E-state index in [1.807, 2.05) is 0 Å². The molecule has 2 aliphatic heterocycles. The molecule has 1 spiro atoms. The van der Waals surface area contributed by atoms with Gasteiger partial charge in [-0.3, -0.25) is 9.69 Å². The number of carbonyl (C=O) groups excluding carboxylic acids is 1. The van der Waals surface area contributed by atoms with Gasteiger partial charge in [0.1, 0.15) is 5.75 Å². The number of carbonyl (C=O) groups is 1. The summed E-state index contributed by atoms with van der Waals surface area (Å²) >= 11 is 0. The lowest BCUT2D eigenvalue weighted by Crippen LogP contribution is -2.56. The monoisotopic (exact) mass is 390 g/mol. The first-order valence-electron chi connectivity index (χ1n) is 10.9. The minimum atomic E-state index is -0.152. The van der Waals surface area contributed by atoms with E-state index in [1.165, 1.54) is 41.5 Å². The first-order chi connectivity index (χ1) is 14.2. The van der Waals surface area contributed by atoms with Crippen molar-refractivity contribution in [2.45, 2.75) is 56.5 Å². The van der Waals surface area contributed by atoms with Crippen LogP contribution < -0.4 is 10.1 Å². The van der Waals surface area contributed by atoms with Crippen LogP contribution in [0.25, 0.3) is 0 Å². The minimum Gasteiger partial charge on any atom is -0.496 e. The lowest BCUT2D eigenvalue weighted by atomic mass is 9.76. The quantitative estimate of drug-likeness (QED) is 0.863. The average molecular weight is 391 g/mol. The number of hydrogen-bond donors (Lipinski definition) is 1. The molecule has 0 unspecified atom stereocenters. The first-order valence-corrected chi connectivity index (χ1v) is 10.9. The van der Waals surface area contributed by atoms with E-state index in [9.17, 15) is 4.79 Å². The molecular weight excluding hydrogens is 360 g/mol. The second kappa shape index (κ2) is 7.49. The van der Waals surface area contributed by atoms with E-state index in [-0.39, 0.29) is 11.4 Å². The minimum absolute atomic E-state index is 0.152. The molecule has 2 atom stereocenters. The van der Waals surface area contributed by atoms with Crippen LogP contribution in [0.2, 0.25) is 0 Å². The standard InChI is InChI=1S/C25H30N2O2/c1-29-23-14-20-10-5-9-19(20)13-21(23)15-27-16-22(18-7-3-2-4-8-18)25(17-27)12-6-11-24(28)26-25/h2-4,7-8,13-14,22H,5-6,9-12,15-17H2,1H3,(H,26,28)/t22-,25+/m0/s1. The van der Waals surface area contributed by atoms with Crippen LogP contribution in [0.1, 0.15) is 53.9 Å². The van der Waals surface area contributed by atoms with E-state index < -0.39 is 0 Å². The lowest BCUT2D eigenvalue weighted by Gasteiger charge is -2.39. The van der Waals surface area contributed by atoms with Crippen LogP contribution in [-0.4, -0.2) is 36.5 Å². The third-order valence-electron chi connectivity index (χ3n) is 7.12. The molecule has 29 heavy (non-hydrogen) atoms. The van der Waals surface area contributed by atoms with Crippen molar-refractivity contribution in [2.24, 2.45) is 0 Å². The van der Waals surface area contributed by atoms with Gasteiger partial charge in [0.25, 0.3) is 0 Å². The van der Waals surface area contributed by atoms with Gasteiger partial charge in [0.2, 0.25) is 5.91 Å². The maximum absolute atomic E-state index is 12.3. The molecule has 1 N–H and O–H groups in total. The Morgan fingerprint density at radius 2 is 1.90 bits per heavy atom. The molecule has 0 radical (unpaired) electrons. The molecule has 2 saturated heterocycles. The van der Waals surface area contributed by atoms with Crippen LogP contribution in [-0.2, 0) is 24.2 Å². The normalized spacial score (nSPS) is 26.5. The number of benzene rings is 2. The third-order valence-corrected chi connectivity index (χ3v) is 7.12. The van der Waals surface area contributed by atoms with Crippen LogP contribution in [0.5, 0.6) is 5.75 Å². The predicted molar refractivity (Wildman–Crippen MR) is 114 cm³/mol. The summed E-state index contributed by atoms with van der Waals surface area (Å²) in [4.78, 5) is 14.9. The fraction of sp³-hybridized carbons (Fsp3) is 0.480. The fourth-order valence-electron chi connectivity index (χ4n) is 5.79. The topological polar surface area (TPSA) is 41.6 Å². The van der Waals surface area contributed by atoms with E-state index in [2.05, 4.69) is 52.7 Å². The number of nitrogens with one attached hydrogen (secondary N) is 1. The van der Waals surface area contributed by atoms with Crippen LogP contribution in [0.3, 0.4) is 0 Å². The highest BCUT2D eigenvalue weighted by molar-refractivity contribution is 5.78. The van der Waals surface area contributed by atoms with Crippen LogP contribution in [0, 0.1) is 0 Å². The molecule has 0 aromatic heterocycles. The van der Waals surface area contributed by atoms with Crippen molar-refractivity contribution < 1.29 is 9.53 Å². The molecule has 1 amide bonds. The molecule has 1 aliphatic carbocycles. The summed E-state index contributed by atoms with van der Waals surface area (Å²) in [6, 6.07) is 15.3. The van der Waals surface area contributed by atoms with Gasteiger partial charge in [0, 0.05) is 37.5 Å². The number of ether oxygens (including phenoxy) is 1. The molecule has 4 nitrogen and oxygen atoms in total. The summed E-state index contributed by atoms with van der Waals surface area (Å²) in [6.07, 6.45) is 6.28. The van der Waals surface area contributed by atoms with Gasteiger partial charge in [-0.25, -0.2) is 0 Å². The summed E-state index contributed by atoms with van der Waals surface area (Å²) in [5.74, 6) is 1.54. The van der Waals surface area contributed by atoms with Gasteiger partial charge < -0.3 is 10.1 Å². The number of hydrogen-bond acceptors (Lipinski definition) is 3. The largest absolute Gasteiger partial charge is 0.496 e. The van der Waals surface area contributed by atoms with Crippen LogP contribution in [0.15, 0.2) is 42.5 Å². The molecular formula is C25H30N2O2. The summed E-state index contributed by atoms with van der Waals surface area (Å²) in [6.45, 7) is 2.74. The molecule has 0 saturated carbocycles. The molecule has 2 heterocycles. The second-order valence-corrected chi connectivity index (χ2v) is 8.98. The maximum Gasteiger partial charge on any atom is 0.220 e. The smallest absolute Gasteiger partial charge is 0.220 e. The average Bonchev–Trinajstić information content (AvgIpc) is 3.32. The third kappa shape index (κ3) is 3.44. The number of fused-ring (bicyclic) bond motifs is 1. The summed E-state index contributed by atoms with van der Waals surface area (Å²) in [5.41, 5.74) is 5.39. The van der Waals surface area contributed by atoms with Crippen LogP contribution >= 0.6 is 0 Å². The van der Waals surface area contributed by atoms with E-state index in [4.69, 9.17) is 4.74 Å². The van der Waals surface area contributed by atoms with Crippen molar-refractivity contribution in [3.05, 3.63) is 64.7 Å². The van der Waals surface area contributed by atoms with Crippen molar-refractivity contribution in [1.29, 1.82) is 0 Å². The van der Waals surface area contributed by atoms with Gasteiger partial charge in [-0.05, 0) is 54.9 Å². The Labute approximate surface area is 173 Å². The Hall–Kier alpha value is -2.33. The Bertz CT molecular complexity index is 911. The van der Waals surface area contributed by atoms with Gasteiger partial charge in [-0.2, -0.15) is 0 Å². The second-order valence-electron chi connectivity index (χ2n) is 8.98. The number of amides is 1. The molecule has 2 fully saturated rings. The van der Waals surface area contributed by atoms with Crippen LogP contribution in [0.4, 0.5) is 0 Å². The van der Waals surface area contributed by atoms with Crippen molar-refractivity contribution in [3.63, 3.8) is 0 Å². The Balaban J connectivity index is 1.44. The molecule has 5 rings (SSSR count). The van der Waals surface area contributed by atoms with Gasteiger partial charge >= 0.3 is 0 Å². The number of likely N-dealkylation sites (tertiary alicyclic amines) is 1. The highest BCUT2D eigenvalue weighted by atomic mass is 16.5. The molecule has 3 aliphatic rings. The summed E-state index contributed by atoms with van der Waals surface area (Å²) in [7, 11) is 1.78. The number of piperidine rings is 1. The highest BCUT2D eigenvalue weighted by Crippen LogP contribution is 2.42. The van der Waals surface area contributed by atoms with Crippen molar-refractivity contribution >= 4 is 5.91 Å². The lowest BCUT2D eigenvalue weighted by molar-refractivity contribution is -0.125. The van der Waals surface area contributed by atoms with Gasteiger partial charge in [-0.15, -0.1) is 0 Å². The zero-order valence-electron chi connectivity index (χ0n) is 17.2. The fourth-order valence-corrected chi connectivity index (χ4v) is 5.79. The maximum atomic E-state index is 12.3. The van der Waals surface area contributed by atoms with Gasteiger partial charge in [0.05, 0.1) is 12.6 Å². The zero-order valence-corrected chi connectivity index (χ0v) is 17.2. The number of nitrogens with zero attached hydrogens (tertiary/aromatic N) is 1. The molecule has 152 valence electrons. The van der Waals surface area contributed by atoms with E-state index in [0.29, 0.717) is 12.3 Å². The number of rotatable bonds is 4. The van der Waals surface area contributed by atoms with E-state index >= 15 is 0 Å². The van der Waals surface area contributed by atoms with Crippen molar-refractivity contribution in [1.82, 2.24) is 10.2 Å². The Morgan fingerprint density at radius 3 is 2.66 bits per heavy atom. The molecule has 2 aromatic carbocycles. The molecule has 2 aromatic rings. The summed E-state index contributed by atoms with van der Waals surface area (Å²) in [5, 5.41) is 3.41. The number of aryl methyl sites for hydroxylation is 2. The van der Waals surface area contributed by atoms with Crippen molar-refractivity contribution in [3.8, 4) is 5.75 Å². The zero-order chi connectivity index (χ0) is 19.8. The Morgan fingerprint density at radius 1 is 1.10 bits per heavy atom. The van der Waals surface area contributed by atoms with Crippen molar-refractivity contribution in [2.75, 3.05) is 20.2 Å². The van der Waals surface area contributed by atoms with E-state index in [1.54, 1.807) is 7.11 Å². The first kappa shape index (κ1) is 18.7. The Kier molecular flexibility index (Phi) is 4.83. The molecule has 0 bridgehead atoms. The predicted octanol–water partition coefficient (Wildman–Crippen LogP) is 3.82.